The van der Waals surface area contributed by atoms with E-state index in [0.717, 1.165) is 10.5 Å². The lowest BCUT2D eigenvalue weighted by atomic mass is 9.87. The Bertz CT molecular complexity index is 1150. The highest BCUT2D eigenvalue weighted by molar-refractivity contribution is 6.33. The minimum atomic E-state index is -1.06. The van der Waals surface area contributed by atoms with Gasteiger partial charge in [-0.25, -0.2) is 9.69 Å². The molecule has 1 heterocycles. The molecular formula is C27H34ClN3O6. The lowest BCUT2D eigenvalue weighted by Crippen LogP contribution is -2.50. The average molecular weight is 532 g/mol. The van der Waals surface area contributed by atoms with Crippen LogP contribution in [0.15, 0.2) is 42.5 Å². The number of halogens is 1. The molecule has 1 saturated heterocycles. The smallest absolute Gasteiger partial charge is 0.325 e. The number of benzene rings is 2. The van der Waals surface area contributed by atoms with Crippen LogP contribution in [0, 0.1) is 5.92 Å². The van der Waals surface area contributed by atoms with E-state index >= 15 is 0 Å². The van der Waals surface area contributed by atoms with Crippen molar-refractivity contribution in [3.63, 3.8) is 0 Å². The number of ether oxygens (including phenoxy) is 1. The summed E-state index contributed by atoms with van der Waals surface area (Å²) in [6, 6.07) is 9.14. The maximum Gasteiger partial charge on any atom is 0.325 e. The van der Waals surface area contributed by atoms with Gasteiger partial charge in [-0.15, -0.1) is 0 Å². The zero-order valence-electron chi connectivity index (χ0n) is 21.6. The van der Waals surface area contributed by atoms with Gasteiger partial charge in [-0.05, 0) is 46.7 Å². The molecule has 2 aromatic carbocycles. The van der Waals surface area contributed by atoms with Gasteiger partial charge < -0.3 is 25.6 Å². The molecular weight excluding hydrogens is 498 g/mol. The zero-order chi connectivity index (χ0) is 27.5. The fourth-order valence-electron chi connectivity index (χ4n) is 3.99. The predicted molar refractivity (Wildman–Crippen MR) is 141 cm³/mol. The van der Waals surface area contributed by atoms with Crippen molar-refractivity contribution in [2.24, 2.45) is 5.92 Å². The number of hydrogen-bond acceptors (Lipinski definition) is 6. The number of urea groups is 1. The van der Waals surface area contributed by atoms with Gasteiger partial charge in [0.1, 0.15) is 30.5 Å². The van der Waals surface area contributed by atoms with Crippen molar-refractivity contribution in [3.8, 4) is 5.75 Å². The van der Waals surface area contributed by atoms with Crippen molar-refractivity contribution in [1.82, 2.24) is 10.2 Å². The van der Waals surface area contributed by atoms with Crippen molar-refractivity contribution in [1.29, 1.82) is 0 Å². The molecule has 200 valence electrons. The minimum Gasteiger partial charge on any atom is -0.491 e. The second kappa shape index (κ2) is 11.5. The molecule has 0 aromatic heterocycles. The number of imide groups is 1. The van der Waals surface area contributed by atoms with Crippen molar-refractivity contribution < 1.29 is 29.3 Å². The summed E-state index contributed by atoms with van der Waals surface area (Å²) >= 11 is 6.43. The van der Waals surface area contributed by atoms with Crippen LogP contribution in [0.25, 0.3) is 0 Å². The van der Waals surface area contributed by atoms with Gasteiger partial charge in [-0.3, -0.25) is 9.59 Å². The first-order valence-corrected chi connectivity index (χ1v) is 12.5. The first-order chi connectivity index (χ1) is 17.3. The molecule has 3 atom stereocenters. The number of carbonyl (C=O) groups is 3. The Hall–Kier alpha value is -3.14. The summed E-state index contributed by atoms with van der Waals surface area (Å²) in [6.45, 7) is 9.18. The topological polar surface area (TPSA) is 128 Å². The summed E-state index contributed by atoms with van der Waals surface area (Å²) < 4.78 is 5.38. The monoisotopic (exact) mass is 531 g/mol. The molecule has 1 fully saturated rings. The Balaban J connectivity index is 1.77. The number of aliphatic hydroxyl groups excluding tert-OH is 2. The van der Waals surface area contributed by atoms with E-state index in [4.69, 9.17) is 21.4 Å². The molecule has 9 nitrogen and oxygen atoms in total. The van der Waals surface area contributed by atoms with E-state index in [-0.39, 0.29) is 17.9 Å². The second-order valence-electron chi connectivity index (χ2n) is 10.4. The highest BCUT2D eigenvalue weighted by Crippen LogP contribution is 2.31. The maximum atomic E-state index is 13.3. The standard InChI is InChI=1S/C27H34ClN3O6/c1-15(2)23(24(34)29-21-11-8-17(12-20(21)28)27(3,4)5)31-25(35)22(30-26(31)36)16-6-9-19(10-7-16)37-14-18(33)13-32/h6-12,15,18,22-23,32-33H,13-14H2,1-5H3,(H,29,34)(H,30,36)/t18-,22-,23?/m1/s1. The van der Waals surface area contributed by atoms with Gasteiger partial charge in [0.15, 0.2) is 0 Å². The summed E-state index contributed by atoms with van der Waals surface area (Å²) in [7, 11) is 0. The number of nitrogens with one attached hydrogen (secondary N) is 2. The third kappa shape index (κ3) is 6.60. The first-order valence-electron chi connectivity index (χ1n) is 12.1. The Morgan fingerprint density at radius 2 is 1.81 bits per heavy atom. The summed E-state index contributed by atoms with van der Waals surface area (Å²) in [4.78, 5) is 40.5. The third-order valence-corrected chi connectivity index (χ3v) is 6.42. The number of nitrogens with zero attached hydrogens (tertiary/aromatic N) is 1. The van der Waals surface area contributed by atoms with Gasteiger partial charge in [0, 0.05) is 0 Å². The van der Waals surface area contributed by atoms with Gasteiger partial charge in [-0.1, -0.05) is 64.4 Å². The van der Waals surface area contributed by atoms with Crippen LogP contribution >= 0.6 is 11.6 Å². The molecule has 4 amide bonds. The Kier molecular flexibility index (Phi) is 8.84. The fourth-order valence-corrected chi connectivity index (χ4v) is 4.22. The third-order valence-electron chi connectivity index (χ3n) is 6.11. The zero-order valence-corrected chi connectivity index (χ0v) is 22.4. The highest BCUT2D eigenvalue weighted by Gasteiger charge is 2.46. The SMILES string of the molecule is CC(C)C(C(=O)Nc1ccc(C(C)(C)C)cc1Cl)N1C(=O)N[C@H](c2ccc(OC[C@H](O)CO)cc2)C1=O. The van der Waals surface area contributed by atoms with E-state index < -0.39 is 42.6 Å². The van der Waals surface area contributed by atoms with Gasteiger partial charge >= 0.3 is 6.03 Å². The van der Waals surface area contributed by atoms with Crippen molar-refractivity contribution in [2.75, 3.05) is 18.5 Å². The van der Waals surface area contributed by atoms with Gasteiger partial charge in [0.25, 0.3) is 5.91 Å². The molecule has 37 heavy (non-hydrogen) atoms. The molecule has 1 unspecified atom stereocenters. The molecule has 1 aliphatic heterocycles. The lowest BCUT2D eigenvalue weighted by molar-refractivity contribution is -0.135. The summed E-state index contributed by atoms with van der Waals surface area (Å²) in [5.41, 5.74) is 1.80. The number of anilines is 1. The number of amides is 4. The van der Waals surface area contributed by atoms with Crippen LogP contribution in [0.2, 0.25) is 5.02 Å². The quantitative estimate of drug-likeness (QED) is 0.366. The number of rotatable bonds is 9. The molecule has 0 aliphatic carbocycles. The Labute approximate surface area is 221 Å². The Morgan fingerprint density at radius 1 is 1.16 bits per heavy atom. The number of hydrogen-bond donors (Lipinski definition) is 4. The molecule has 0 bridgehead atoms. The van der Waals surface area contributed by atoms with E-state index in [1.807, 2.05) is 6.07 Å². The highest BCUT2D eigenvalue weighted by atomic mass is 35.5. The maximum absolute atomic E-state index is 13.3. The molecule has 4 N–H and O–H groups in total. The average Bonchev–Trinajstić information content (AvgIpc) is 3.12. The normalized spacial score (nSPS) is 17.5. The summed E-state index contributed by atoms with van der Waals surface area (Å²) in [5, 5.41) is 24.1. The van der Waals surface area contributed by atoms with Crippen LogP contribution in [0.1, 0.15) is 51.8 Å². The second-order valence-corrected chi connectivity index (χ2v) is 10.8. The molecule has 10 heteroatoms. The molecule has 2 aromatic rings. The predicted octanol–water partition coefficient (Wildman–Crippen LogP) is 3.63. The number of carbonyl (C=O) groups excluding carboxylic acids is 3. The van der Waals surface area contributed by atoms with Crippen LogP contribution in [0.3, 0.4) is 0 Å². The van der Waals surface area contributed by atoms with Crippen molar-refractivity contribution >= 4 is 35.1 Å². The summed E-state index contributed by atoms with van der Waals surface area (Å²) in [5.74, 6) is -0.999. The van der Waals surface area contributed by atoms with Gasteiger partial charge in [0.05, 0.1) is 17.3 Å². The molecule has 0 saturated carbocycles. The molecule has 0 spiro atoms. The molecule has 3 rings (SSSR count). The van der Waals surface area contributed by atoms with Crippen molar-refractivity contribution in [3.05, 3.63) is 58.6 Å². The minimum absolute atomic E-state index is 0.0865. The van der Waals surface area contributed by atoms with E-state index in [9.17, 15) is 19.5 Å². The summed E-state index contributed by atoms with van der Waals surface area (Å²) in [6.07, 6.45) is -1.01. The van der Waals surface area contributed by atoms with Crippen LogP contribution in [-0.4, -0.2) is 58.3 Å². The fraction of sp³-hybridized carbons (Fsp3) is 0.444. The molecule has 0 radical (unpaired) electrons. The van der Waals surface area contributed by atoms with Crippen LogP contribution in [0.5, 0.6) is 5.75 Å². The van der Waals surface area contributed by atoms with E-state index in [1.165, 1.54) is 0 Å². The number of aliphatic hydroxyl groups is 2. The van der Waals surface area contributed by atoms with Gasteiger partial charge in [0.2, 0.25) is 5.91 Å². The largest absolute Gasteiger partial charge is 0.491 e. The van der Waals surface area contributed by atoms with Crippen molar-refractivity contribution in [2.45, 2.75) is 58.2 Å². The van der Waals surface area contributed by atoms with E-state index in [0.29, 0.717) is 22.0 Å². The van der Waals surface area contributed by atoms with Gasteiger partial charge in [-0.2, -0.15) is 0 Å². The van der Waals surface area contributed by atoms with E-state index in [2.05, 4.69) is 31.4 Å². The van der Waals surface area contributed by atoms with Crippen LogP contribution < -0.4 is 15.4 Å². The van der Waals surface area contributed by atoms with Crippen LogP contribution in [0.4, 0.5) is 10.5 Å². The van der Waals surface area contributed by atoms with E-state index in [1.54, 1.807) is 50.2 Å². The first kappa shape index (κ1) is 28.4. The Morgan fingerprint density at radius 3 is 2.35 bits per heavy atom. The lowest BCUT2D eigenvalue weighted by Gasteiger charge is -2.28. The van der Waals surface area contributed by atoms with Crippen LogP contribution in [-0.2, 0) is 15.0 Å². The molecule has 1 aliphatic rings.